The van der Waals surface area contributed by atoms with Gasteiger partial charge in [-0.2, -0.15) is 10.1 Å². The van der Waals surface area contributed by atoms with E-state index in [4.69, 9.17) is 9.47 Å². The van der Waals surface area contributed by atoms with Gasteiger partial charge in [0, 0.05) is 19.5 Å². The minimum Gasteiger partial charge on any atom is -0.493 e. The Morgan fingerprint density at radius 3 is 2.93 bits per heavy atom. The number of ether oxygens (including phenoxy) is 2. The van der Waals surface area contributed by atoms with Crippen molar-refractivity contribution in [3.63, 3.8) is 0 Å². The van der Waals surface area contributed by atoms with Crippen LogP contribution in [0, 0.1) is 0 Å². The van der Waals surface area contributed by atoms with Crippen molar-refractivity contribution in [1.82, 2.24) is 10.3 Å². The standard InChI is InChI=1S/C18H22N4O4S2/c1-25-13-6-5-12(10-14(13)26-2)7-8-19-16(24)11-27-18-21-22-9-3-4-15(23)20-17(22)28-18/h5-6,10H,3-4,7-9,11H2,1-2H3,(H,19,24). The Kier molecular flexibility index (Phi) is 7.21. The normalized spacial score (nSPS) is 16.1. The number of nitrogens with one attached hydrogen (secondary N) is 1. The third-order valence-corrected chi connectivity index (χ3v) is 6.17. The van der Waals surface area contributed by atoms with Crippen molar-refractivity contribution in [2.24, 2.45) is 10.1 Å². The maximum Gasteiger partial charge on any atom is 0.248 e. The van der Waals surface area contributed by atoms with Gasteiger partial charge in [0.2, 0.25) is 11.8 Å². The van der Waals surface area contributed by atoms with Crippen LogP contribution in [0.2, 0.25) is 0 Å². The van der Waals surface area contributed by atoms with Gasteiger partial charge in [0.15, 0.2) is 21.0 Å². The second-order valence-electron chi connectivity index (χ2n) is 6.06. The molecule has 0 saturated carbocycles. The fraction of sp³-hybridized carbons (Fsp3) is 0.444. The van der Waals surface area contributed by atoms with Crippen LogP contribution in [-0.2, 0) is 16.0 Å². The number of fused-ring (bicyclic) bond motifs is 1. The minimum atomic E-state index is -0.112. The number of hydrazone groups is 1. The first kappa shape index (κ1) is 20.5. The molecule has 1 aromatic rings. The first-order valence-corrected chi connectivity index (χ1v) is 10.6. The number of hydrogen-bond donors (Lipinski definition) is 1. The molecule has 0 aromatic heterocycles. The van der Waals surface area contributed by atoms with Crippen LogP contribution in [0.15, 0.2) is 28.3 Å². The first-order chi connectivity index (χ1) is 13.6. The predicted molar refractivity (Wildman–Crippen MR) is 112 cm³/mol. The Bertz CT molecular complexity index is 813. The largest absolute Gasteiger partial charge is 0.493 e. The lowest BCUT2D eigenvalue weighted by Gasteiger charge is -2.10. The predicted octanol–water partition coefficient (Wildman–Crippen LogP) is 2.09. The minimum absolute atomic E-state index is 0.0612. The van der Waals surface area contributed by atoms with Gasteiger partial charge >= 0.3 is 0 Å². The number of hydrogen-bond acceptors (Lipinski definition) is 8. The van der Waals surface area contributed by atoms with E-state index >= 15 is 0 Å². The number of benzene rings is 1. The Balaban J connectivity index is 1.41. The fourth-order valence-electron chi connectivity index (χ4n) is 2.68. The average Bonchev–Trinajstić information content (AvgIpc) is 2.98. The number of carbonyl (C=O) groups excluding carboxylic acids is 2. The molecule has 2 aliphatic rings. The average molecular weight is 423 g/mol. The van der Waals surface area contributed by atoms with E-state index in [2.05, 4.69) is 15.4 Å². The van der Waals surface area contributed by atoms with Crippen LogP contribution in [0.3, 0.4) is 0 Å². The molecule has 0 bridgehead atoms. The van der Waals surface area contributed by atoms with E-state index in [0.29, 0.717) is 42.6 Å². The highest BCUT2D eigenvalue weighted by atomic mass is 32.2. The Morgan fingerprint density at radius 2 is 2.14 bits per heavy atom. The summed E-state index contributed by atoms with van der Waals surface area (Å²) in [6, 6.07) is 5.71. The van der Waals surface area contributed by atoms with E-state index in [1.807, 2.05) is 18.2 Å². The zero-order valence-electron chi connectivity index (χ0n) is 15.8. The SMILES string of the molecule is COc1ccc(CCNC(=O)CSC2=NN3CCCC(=O)N=C3S2)cc1OC. The summed E-state index contributed by atoms with van der Waals surface area (Å²) in [5.74, 6) is 1.45. The number of methoxy groups -OCH3 is 2. The zero-order valence-corrected chi connectivity index (χ0v) is 17.4. The van der Waals surface area contributed by atoms with Crippen molar-refractivity contribution < 1.29 is 19.1 Å². The molecule has 0 unspecified atom stereocenters. The number of nitrogens with zero attached hydrogens (tertiary/aromatic N) is 3. The summed E-state index contributed by atoms with van der Waals surface area (Å²) in [7, 11) is 3.20. The van der Waals surface area contributed by atoms with Crippen molar-refractivity contribution in [3.8, 4) is 11.5 Å². The van der Waals surface area contributed by atoms with Gasteiger partial charge in [-0.3, -0.25) is 9.59 Å². The molecule has 1 aromatic carbocycles. The van der Waals surface area contributed by atoms with Gasteiger partial charge < -0.3 is 14.8 Å². The Labute approximate surface area is 172 Å². The number of amides is 2. The fourth-order valence-corrected chi connectivity index (χ4v) is 4.51. The lowest BCUT2D eigenvalue weighted by atomic mass is 10.1. The molecule has 2 amide bonds. The number of aliphatic imine (C=N–C) groups is 1. The second kappa shape index (κ2) is 9.83. The maximum absolute atomic E-state index is 12.1. The Hall–Kier alpha value is -2.20. The van der Waals surface area contributed by atoms with Gasteiger partial charge in [-0.15, -0.1) is 0 Å². The highest BCUT2D eigenvalue weighted by Crippen LogP contribution is 2.30. The highest BCUT2D eigenvalue weighted by Gasteiger charge is 2.26. The molecule has 2 heterocycles. The van der Waals surface area contributed by atoms with Gasteiger partial charge in [-0.05, 0) is 42.3 Å². The molecule has 2 aliphatic heterocycles. The molecule has 28 heavy (non-hydrogen) atoms. The lowest BCUT2D eigenvalue weighted by molar-refractivity contribution is -0.119. The van der Waals surface area contributed by atoms with E-state index in [9.17, 15) is 9.59 Å². The molecular formula is C18H22N4O4S2. The summed E-state index contributed by atoms with van der Waals surface area (Å²) < 4.78 is 11.2. The van der Waals surface area contributed by atoms with Gasteiger partial charge in [0.25, 0.3) is 0 Å². The van der Waals surface area contributed by atoms with E-state index < -0.39 is 0 Å². The molecule has 0 saturated heterocycles. The Morgan fingerprint density at radius 1 is 1.32 bits per heavy atom. The van der Waals surface area contributed by atoms with Crippen LogP contribution in [-0.4, -0.2) is 59.4 Å². The molecular weight excluding hydrogens is 400 g/mol. The number of amidine groups is 1. The third kappa shape index (κ3) is 5.41. The van der Waals surface area contributed by atoms with Crippen molar-refractivity contribution in [1.29, 1.82) is 0 Å². The summed E-state index contributed by atoms with van der Waals surface area (Å²) in [6.07, 6.45) is 1.89. The van der Waals surface area contributed by atoms with Gasteiger partial charge in [-0.1, -0.05) is 17.8 Å². The van der Waals surface area contributed by atoms with E-state index in [0.717, 1.165) is 16.4 Å². The monoisotopic (exact) mass is 422 g/mol. The molecule has 1 N–H and O–H groups in total. The van der Waals surface area contributed by atoms with Gasteiger partial charge in [-0.25, -0.2) is 5.01 Å². The van der Waals surface area contributed by atoms with Crippen LogP contribution >= 0.6 is 23.5 Å². The zero-order chi connectivity index (χ0) is 19.9. The van der Waals surface area contributed by atoms with Crippen molar-refractivity contribution in [2.75, 3.05) is 33.1 Å². The summed E-state index contributed by atoms with van der Waals surface area (Å²) >= 11 is 2.70. The molecule has 3 rings (SSSR count). The molecule has 0 fully saturated rings. The molecule has 0 atom stereocenters. The summed E-state index contributed by atoms with van der Waals surface area (Å²) in [5, 5.41) is 9.69. The third-order valence-electron chi connectivity index (χ3n) is 4.09. The molecule has 10 heteroatoms. The van der Waals surface area contributed by atoms with E-state index in [-0.39, 0.29) is 17.6 Å². The molecule has 0 spiro atoms. The smallest absolute Gasteiger partial charge is 0.248 e. The molecule has 0 radical (unpaired) electrons. The van der Waals surface area contributed by atoms with Crippen molar-refractivity contribution >= 4 is 44.9 Å². The quantitative estimate of drug-likeness (QED) is 0.719. The second-order valence-corrected chi connectivity index (χ2v) is 8.24. The van der Waals surface area contributed by atoms with Crippen LogP contribution < -0.4 is 14.8 Å². The number of thioether (sulfide) groups is 2. The maximum atomic E-state index is 12.1. The molecule has 8 nitrogen and oxygen atoms in total. The van der Waals surface area contributed by atoms with Crippen LogP contribution in [0.5, 0.6) is 11.5 Å². The van der Waals surface area contributed by atoms with E-state index in [1.54, 1.807) is 19.2 Å². The van der Waals surface area contributed by atoms with E-state index in [1.165, 1.54) is 23.5 Å². The summed E-state index contributed by atoms with van der Waals surface area (Å²) in [6.45, 7) is 1.21. The lowest BCUT2D eigenvalue weighted by Crippen LogP contribution is -2.27. The van der Waals surface area contributed by atoms with Gasteiger partial charge in [0.05, 0.1) is 20.0 Å². The van der Waals surface area contributed by atoms with Gasteiger partial charge in [0.1, 0.15) is 0 Å². The summed E-state index contributed by atoms with van der Waals surface area (Å²) in [5.41, 5.74) is 1.05. The van der Waals surface area contributed by atoms with Crippen molar-refractivity contribution in [2.45, 2.75) is 19.3 Å². The topological polar surface area (TPSA) is 92.6 Å². The highest BCUT2D eigenvalue weighted by molar-refractivity contribution is 8.45. The van der Waals surface area contributed by atoms with Crippen LogP contribution in [0.25, 0.3) is 0 Å². The van der Waals surface area contributed by atoms with Crippen LogP contribution in [0.1, 0.15) is 18.4 Å². The first-order valence-electron chi connectivity index (χ1n) is 8.85. The summed E-state index contributed by atoms with van der Waals surface area (Å²) in [4.78, 5) is 27.7. The molecule has 0 aliphatic carbocycles. The number of carbonyl (C=O) groups is 2. The van der Waals surface area contributed by atoms with Crippen LogP contribution in [0.4, 0.5) is 0 Å². The molecule has 150 valence electrons. The number of rotatable bonds is 7. The van der Waals surface area contributed by atoms with Crippen molar-refractivity contribution in [3.05, 3.63) is 23.8 Å².